The Morgan fingerprint density at radius 3 is 3.00 bits per heavy atom. The van der Waals surface area contributed by atoms with Crippen LogP contribution >= 0.6 is 0 Å². The van der Waals surface area contributed by atoms with Crippen molar-refractivity contribution in [2.24, 2.45) is 5.92 Å². The van der Waals surface area contributed by atoms with Crippen LogP contribution in [-0.2, 0) is 4.74 Å². The molecular weight excluding hydrogens is 255 g/mol. The van der Waals surface area contributed by atoms with E-state index in [0.717, 1.165) is 43.9 Å². The number of halogens is 1. The van der Waals surface area contributed by atoms with Gasteiger partial charge in [0.2, 0.25) is 0 Å². The summed E-state index contributed by atoms with van der Waals surface area (Å²) in [5.74, 6) is 0.411. The van der Waals surface area contributed by atoms with E-state index >= 15 is 0 Å². The van der Waals surface area contributed by atoms with Crippen molar-refractivity contribution in [3.8, 4) is 0 Å². The first-order valence-corrected chi connectivity index (χ1v) is 7.42. The van der Waals surface area contributed by atoms with Gasteiger partial charge in [-0.05, 0) is 43.7 Å². The molecule has 0 bridgehead atoms. The summed E-state index contributed by atoms with van der Waals surface area (Å²) in [6.07, 6.45) is 1.14. The van der Waals surface area contributed by atoms with Crippen LogP contribution in [0.2, 0.25) is 0 Å². The Labute approximate surface area is 121 Å². The number of nitrogens with zero attached hydrogens (tertiary/aromatic N) is 1. The molecule has 0 radical (unpaired) electrons. The molecule has 1 N–H and O–H groups in total. The summed E-state index contributed by atoms with van der Waals surface area (Å²) in [7, 11) is 1.75. The van der Waals surface area contributed by atoms with Crippen molar-refractivity contribution in [3.63, 3.8) is 0 Å². The molecule has 0 aliphatic carbocycles. The Kier molecular flexibility index (Phi) is 5.38. The maximum Gasteiger partial charge on any atom is 0.123 e. The molecule has 1 aliphatic rings. The molecular formula is C16H25FN2O. The lowest BCUT2D eigenvalue weighted by Crippen LogP contribution is -2.25. The van der Waals surface area contributed by atoms with E-state index in [1.54, 1.807) is 19.2 Å². The third-order valence-electron chi connectivity index (χ3n) is 4.00. The Morgan fingerprint density at radius 1 is 1.50 bits per heavy atom. The zero-order valence-corrected chi connectivity index (χ0v) is 12.7. The van der Waals surface area contributed by atoms with Gasteiger partial charge < -0.3 is 15.0 Å². The van der Waals surface area contributed by atoms with Gasteiger partial charge in [0, 0.05) is 37.8 Å². The largest absolute Gasteiger partial charge is 0.384 e. The Hall–Kier alpha value is -1.13. The van der Waals surface area contributed by atoms with Gasteiger partial charge in [-0.3, -0.25) is 0 Å². The summed E-state index contributed by atoms with van der Waals surface area (Å²) < 4.78 is 18.8. The van der Waals surface area contributed by atoms with Crippen LogP contribution in [0.4, 0.5) is 10.1 Å². The second-order valence-electron chi connectivity index (χ2n) is 5.54. The van der Waals surface area contributed by atoms with Crippen LogP contribution in [0.25, 0.3) is 0 Å². The summed E-state index contributed by atoms with van der Waals surface area (Å²) in [6, 6.07) is 5.29. The van der Waals surface area contributed by atoms with Crippen molar-refractivity contribution in [1.82, 2.24) is 5.32 Å². The van der Waals surface area contributed by atoms with Crippen molar-refractivity contribution < 1.29 is 9.13 Å². The smallest absolute Gasteiger partial charge is 0.123 e. The molecule has 2 rings (SSSR count). The topological polar surface area (TPSA) is 24.5 Å². The van der Waals surface area contributed by atoms with Crippen molar-refractivity contribution in [3.05, 3.63) is 29.6 Å². The number of nitrogens with one attached hydrogen (secondary N) is 1. The Morgan fingerprint density at radius 2 is 2.30 bits per heavy atom. The van der Waals surface area contributed by atoms with Crippen LogP contribution in [0.3, 0.4) is 0 Å². The molecule has 0 amide bonds. The Balaban J connectivity index is 2.19. The lowest BCUT2D eigenvalue weighted by molar-refractivity contribution is 0.161. The van der Waals surface area contributed by atoms with E-state index in [1.165, 1.54) is 0 Å². The second-order valence-corrected chi connectivity index (χ2v) is 5.54. The van der Waals surface area contributed by atoms with E-state index in [0.29, 0.717) is 5.92 Å². The molecule has 1 heterocycles. The molecule has 112 valence electrons. The van der Waals surface area contributed by atoms with E-state index in [2.05, 4.69) is 24.1 Å². The highest BCUT2D eigenvalue weighted by molar-refractivity contribution is 5.56. The molecule has 0 spiro atoms. The SMILES string of the molecule is CCNC(C)c1cc(F)ccc1N1CCC(COC)C1. The van der Waals surface area contributed by atoms with Crippen LogP contribution in [-0.4, -0.2) is 33.4 Å². The lowest BCUT2D eigenvalue weighted by atomic mass is 10.0. The number of hydrogen-bond donors (Lipinski definition) is 1. The number of methoxy groups -OCH3 is 1. The van der Waals surface area contributed by atoms with Gasteiger partial charge in [0.25, 0.3) is 0 Å². The molecule has 2 unspecified atom stereocenters. The summed E-state index contributed by atoms with van der Waals surface area (Å²) in [4.78, 5) is 2.35. The first-order valence-electron chi connectivity index (χ1n) is 7.42. The molecule has 1 saturated heterocycles. The zero-order chi connectivity index (χ0) is 14.5. The van der Waals surface area contributed by atoms with Gasteiger partial charge in [-0.1, -0.05) is 6.92 Å². The molecule has 1 fully saturated rings. The van der Waals surface area contributed by atoms with E-state index in [1.807, 2.05) is 6.07 Å². The number of benzene rings is 1. The molecule has 3 nitrogen and oxygen atoms in total. The van der Waals surface area contributed by atoms with Crippen molar-refractivity contribution >= 4 is 5.69 Å². The average Bonchev–Trinajstić information content (AvgIpc) is 2.88. The van der Waals surface area contributed by atoms with Gasteiger partial charge in [-0.15, -0.1) is 0 Å². The van der Waals surface area contributed by atoms with Gasteiger partial charge >= 0.3 is 0 Å². The fraction of sp³-hybridized carbons (Fsp3) is 0.625. The van der Waals surface area contributed by atoms with Crippen LogP contribution in [0.1, 0.15) is 31.9 Å². The molecule has 0 aromatic heterocycles. The number of rotatable bonds is 6. The molecule has 1 aliphatic heterocycles. The molecule has 0 saturated carbocycles. The van der Waals surface area contributed by atoms with Crippen molar-refractivity contribution in [2.45, 2.75) is 26.3 Å². The Bertz CT molecular complexity index is 438. The van der Waals surface area contributed by atoms with Crippen LogP contribution in [0.15, 0.2) is 18.2 Å². The minimum atomic E-state index is -0.166. The highest BCUT2D eigenvalue weighted by Crippen LogP contribution is 2.31. The quantitative estimate of drug-likeness (QED) is 0.867. The monoisotopic (exact) mass is 280 g/mol. The van der Waals surface area contributed by atoms with Gasteiger partial charge in [0.05, 0.1) is 6.61 Å². The van der Waals surface area contributed by atoms with Crippen LogP contribution < -0.4 is 10.2 Å². The molecule has 2 atom stereocenters. The van der Waals surface area contributed by atoms with E-state index < -0.39 is 0 Å². The maximum atomic E-state index is 13.6. The molecule has 1 aromatic rings. The second kappa shape index (κ2) is 7.04. The first-order chi connectivity index (χ1) is 9.65. The van der Waals surface area contributed by atoms with E-state index in [9.17, 15) is 4.39 Å². The molecule has 1 aromatic carbocycles. The molecule has 20 heavy (non-hydrogen) atoms. The normalized spacial score (nSPS) is 20.4. The van der Waals surface area contributed by atoms with Crippen LogP contribution in [0.5, 0.6) is 0 Å². The van der Waals surface area contributed by atoms with Crippen molar-refractivity contribution in [1.29, 1.82) is 0 Å². The van der Waals surface area contributed by atoms with E-state index in [-0.39, 0.29) is 11.9 Å². The number of hydrogen-bond acceptors (Lipinski definition) is 3. The third kappa shape index (κ3) is 3.49. The van der Waals surface area contributed by atoms with Gasteiger partial charge in [0.1, 0.15) is 5.82 Å². The lowest BCUT2D eigenvalue weighted by Gasteiger charge is -2.25. The average molecular weight is 280 g/mol. The number of ether oxygens (including phenoxy) is 1. The van der Waals surface area contributed by atoms with Crippen LogP contribution in [0, 0.1) is 11.7 Å². The maximum absolute atomic E-state index is 13.6. The zero-order valence-electron chi connectivity index (χ0n) is 12.7. The van der Waals surface area contributed by atoms with Gasteiger partial charge in [-0.25, -0.2) is 4.39 Å². The minimum Gasteiger partial charge on any atom is -0.384 e. The van der Waals surface area contributed by atoms with Gasteiger partial charge in [-0.2, -0.15) is 0 Å². The summed E-state index contributed by atoms with van der Waals surface area (Å²) in [5, 5.41) is 3.37. The standard InChI is InChI=1S/C16H25FN2O/c1-4-18-12(2)15-9-14(17)5-6-16(15)19-8-7-13(10-19)11-20-3/h5-6,9,12-13,18H,4,7-8,10-11H2,1-3H3. The highest BCUT2D eigenvalue weighted by atomic mass is 19.1. The van der Waals surface area contributed by atoms with Crippen molar-refractivity contribution in [2.75, 3.05) is 38.3 Å². The number of anilines is 1. The first kappa shape index (κ1) is 15.3. The molecule has 4 heteroatoms. The fourth-order valence-electron chi connectivity index (χ4n) is 3.00. The predicted octanol–water partition coefficient (Wildman–Crippen LogP) is 2.97. The highest BCUT2D eigenvalue weighted by Gasteiger charge is 2.25. The van der Waals surface area contributed by atoms with Gasteiger partial charge in [0.15, 0.2) is 0 Å². The third-order valence-corrected chi connectivity index (χ3v) is 4.00. The summed E-state index contributed by atoms with van der Waals surface area (Å²) in [6.45, 7) is 7.85. The fourth-order valence-corrected chi connectivity index (χ4v) is 3.00. The summed E-state index contributed by atoms with van der Waals surface area (Å²) in [5.41, 5.74) is 2.20. The van der Waals surface area contributed by atoms with E-state index in [4.69, 9.17) is 4.74 Å². The predicted molar refractivity (Wildman–Crippen MR) is 80.7 cm³/mol. The summed E-state index contributed by atoms with van der Waals surface area (Å²) >= 11 is 0. The minimum absolute atomic E-state index is 0.159.